The van der Waals surface area contributed by atoms with Crippen LogP contribution in [-0.2, 0) is 0 Å². The zero-order valence-electron chi connectivity index (χ0n) is 18.3. The molecule has 3 heteroatoms. The van der Waals surface area contributed by atoms with Gasteiger partial charge in [-0.25, -0.2) is 0 Å². The van der Waals surface area contributed by atoms with Crippen molar-refractivity contribution < 1.29 is 0 Å². The summed E-state index contributed by atoms with van der Waals surface area (Å²) in [5.74, 6) is 0. The molecule has 0 spiro atoms. The summed E-state index contributed by atoms with van der Waals surface area (Å²) in [6.07, 6.45) is 0. The Balaban J connectivity index is 1.78. The van der Waals surface area contributed by atoms with Crippen molar-refractivity contribution in [3.8, 4) is 0 Å². The summed E-state index contributed by atoms with van der Waals surface area (Å²) in [4.78, 5) is 0. The maximum absolute atomic E-state index is 2.76. The van der Waals surface area contributed by atoms with E-state index < -0.39 is 8.40 Å². The molecule has 0 fully saturated rings. The minimum Gasteiger partial charge on any atom is -0.341 e. The van der Waals surface area contributed by atoms with Gasteiger partial charge in [0.05, 0.1) is 11.4 Å². The fourth-order valence-electron chi connectivity index (χ4n) is 5.12. The molecule has 0 unspecified atom stereocenters. The standard InChI is InChI=1S/C30H24N2Si/c1-5-15-25(16-6-1)31-29-23-13-14-24-30(29)32(26-17-7-2-8-18-26)33(31,27-19-9-3-10-20-27)28-21-11-4-12-22-28/h1-24H. The molecule has 0 atom stereocenters. The SMILES string of the molecule is c1ccc(N2c3ccccc3N(c3ccccc3)[Si]2(c2ccccc2)c2ccccc2)cc1. The summed E-state index contributed by atoms with van der Waals surface area (Å²) in [5, 5.41) is 2.69. The third kappa shape index (κ3) is 3.01. The zero-order chi connectivity index (χ0) is 22.1. The molecular weight excluding hydrogens is 416 g/mol. The molecule has 0 bridgehead atoms. The molecule has 33 heavy (non-hydrogen) atoms. The first-order valence-electron chi connectivity index (χ1n) is 11.3. The number of hydrogen-bond acceptors (Lipinski definition) is 2. The summed E-state index contributed by atoms with van der Waals surface area (Å²) in [6, 6.07) is 52.6. The minimum absolute atomic E-state index is 1.21. The summed E-state index contributed by atoms with van der Waals surface area (Å²) in [5.41, 5.74) is 4.91. The first-order valence-corrected chi connectivity index (χ1v) is 13.2. The predicted molar refractivity (Wildman–Crippen MR) is 142 cm³/mol. The van der Waals surface area contributed by atoms with Crippen molar-refractivity contribution in [1.29, 1.82) is 0 Å². The van der Waals surface area contributed by atoms with Crippen molar-refractivity contribution in [2.45, 2.75) is 0 Å². The van der Waals surface area contributed by atoms with Crippen LogP contribution in [0.4, 0.5) is 22.7 Å². The van der Waals surface area contributed by atoms with Gasteiger partial charge < -0.3 is 9.13 Å². The van der Waals surface area contributed by atoms with E-state index in [9.17, 15) is 0 Å². The van der Waals surface area contributed by atoms with E-state index in [2.05, 4.69) is 155 Å². The Hall–Kier alpha value is -4.08. The van der Waals surface area contributed by atoms with E-state index in [1.165, 1.54) is 33.1 Å². The van der Waals surface area contributed by atoms with Crippen molar-refractivity contribution in [3.63, 3.8) is 0 Å². The monoisotopic (exact) mass is 440 g/mol. The summed E-state index contributed by atoms with van der Waals surface area (Å²) in [6.45, 7) is 0. The lowest BCUT2D eigenvalue weighted by atomic mass is 10.2. The molecule has 0 amide bonds. The molecule has 1 aliphatic rings. The predicted octanol–water partition coefficient (Wildman–Crippen LogP) is 6.23. The molecular formula is C30H24N2Si. The van der Waals surface area contributed by atoms with Crippen molar-refractivity contribution in [2.75, 3.05) is 9.13 Å². The Morgan fingerprint density at radius 1 is 0.333 bits per heavy atom. The Kier molecular flexibility index (Phi) is 4.82. The van der Waals surface area contributed by atoms with Crippen molar-refractivity contribution >= 4 is 41.5 Å². The molecule has 0 aromatic heterocycles. The fraction of sp³-hybridized carbons (Fsp3) is 0. The van der Waals surface area contributed by atoms with Crippen LogP contribution in [0.25, 0.3) is 0 Å². The maximum atomic E-state index is 2.62. The second-order valence-electron chi connectivity index (χ2n) is 8.23. The number of para-hydroxylation sites is 4. The van der Waals surface area contributed by atoms with Crippen LogP contribution in [0, 0.1) is 0 Å². The molecule has 0 aliphatic carbocycles. The Labute approximate surface area is 196 Å². The van der Waals surface area contributed by atoms with Crippen LogP contribution >= 0.6 is 0 Å². The highest BCUT2D eigenvalue weighted by atomic mass is 28.3. The highest BCUT2D eigenvalue weighted by molar-refractivity contribution is 7.10. The van der Waals surface area contributed by atoms with E-state index in [0.29, 0.717) is 0 Å². The van der Waals surface area contributed by atoms with Gasteiger partial charge in [0.1, 0.15) is 0 Å². The molecule has 0 saturated heterocycles. The van der Waals surface area contributed by atoms with Crippen LogP contribution in [0.2, 0.25) is 0 Å². The third-order valence-corrected chi connectivity index (χ3v) is 11.0. The van der Waals surface area contributed by atoms with Gasteiger partial charge in [-0.05, 0) is 46.8 Å². The van der Waals surface area contributed by atoms with Crippen LogP contribution in [0.1, 0.15) is 0 Å². The van der Waals surface area contributed by atoms with Gasteiger partial charge in [-0.15, -0.1) is 0 Å². The van der Waals surface area contributed by atoms with Gasteiger partial charge in [-0.1, -0.05) is 109 Å². The molecule has 1 heterocycles. The second kappa shape index (κ2) is 8.12. The first-order chi connectivity index (χ1) is 16.4. The Bertz CT molecular complexity index is 1250. The van der Waals surface area contributed by atoms with E-state index in [1.807, 2.05) is 0 Å². The Morgan fingerprint density at radius 2 is 0.636 bits per heavy atom. The molecule has 5 aromatic carbocycles. The average Bonchev–Trinajstić information content (AvgIpc) is 3.22. The second-order valence-corrected chi connectivity index (χ2v) is 11.6. The van der Waals surface area contributed by atoms with Crippen LogP contribution < -0.4 is 19.5 Å². The van der Waals surface area contributed by atoms with Crippen LogP contribution in [-0.4, -0.2) is 8.40 Å². The van der Waals surface area contributed by atoms with Crippen LogP contribution in [0.15, 0.2) is 146 Å². The topological polar surface area (TPSA) is 6.48 Å². The molecule has 1 aliphatic heterocycles. The molecule has 2 nitrogen and oxygen atoms in total. The van der Waals surface area contributed by atoms with E-state index in [0.717, 1.165) is 0 Å². The van der Waals surface area contributed by atoms with E-state index in [-0.39, 0.29) is 0 Å². The van der Waals surface area contributed by atoms with E-state index >= 15 is 0 Å². The summed E-state index contributed by atoms with van der Waals surface area (Å²) >= 11 is 0. The van der Waals surface area contributed by atoms with Crippen molar-refractivity contribution in [3.05, 3.63) is 146 Å². The van der Waals surface area contributed by atoms with Gasteiger partial charge in [0, 0.05) is 11.4 Å². The fourth-order valence-corrected chi connectivity index (χ4v) is 10.1. The summed E-state index contributed by atoms with van der Waals surface area (Å²) < 4.78 is 5.25. The number of benzene rings is 5. The Morgan fingerprint density at radius 3 is 1.00 bits per heavy atom. The average molecular weight is 441 g/mol. The van der Waals surface area contributed by atoms with Gasteiger partial charge in [0.15, 0.2) is 0 Å². The third-order valence-electron chi connectivity index (χ3n) is 6.39. The number of fused-ring (bicyclic) bond motifs is 1. The van der Waals surface area contributed by atoms with Crippen molar-refractivity contribution in [1.82, 2.24) is 0 Å². The maximum Gasteiger partial charge on any atom is 0.340 e. The molecule has 0 saturated carbocycles. The molecule has 158 valence electrons. The van der Waals surface area contributed by atoms with Crippen LogP contribution in [0.5, 0.6) is 0 Å². The van der Waals surface area contributed by atoms with Crippen LogP contribution in [0.3, 0.4) is 0 Å². The van der Waals surface area contributed by atoms with Gasteiger partial charge in [0.2, 0.25) is 0 Å². The lowest BCUT2D eigenvalue weighted by Gasteiger charge is -2.44. The highest BCUT2D eigenvalue weighted by Crippen LogP contribution is 2.50. The molecule has 5 aromatic rings. The van der Waals surface area contributed by atoms with E-state index in [4.69, 9.17) is 0 Å². The van der Waals surface area contributed by atoms with Gasteiger partial charge >= 0.3 is 8.40 Å². The van der Waals surface area contributed by atoms with E-state index in [1.54, 1.807) is 0 Å². The number of rotatable bonds is 4. The zero-order valence-corrected chi connectivity index (χ0v) is 19.3. The number of hydrogen-bond donors (Lipinski definition) is 0. The number of nitrogens with zero attached hydrogens (tertiary/aromatic N) is 2. The van der Waals surface area contributed by atoms with Gasteiger partial charge in [0.25, 0.3) is 0 Å². The van der Waals surface area contributed by atoms with Gasteiger partial charge in [-0.2, -0.15) is 0 Å². The molecule has 0 N–H and O–H groups in total. The lowest BCUT2D eigenvalue weighted by Crippen LogP contribution is -2.75. The van der Waals surface area contributed by atoms with Crippen molar-refractivity contribution in [2.24, 2.45) is 0 Å². The number of anilines is 4. The molecule has 6 rings (SSSR count). The first kappa shape index (κ1) is 19.6. The highest BCUT2D eigenvalue weighted by Gasteiger charge is 2.57. The molecule has 0 radical (unpaired) electrons. The summed E-state index contributed by atoms with van der Waals surface area (Å²) in [7, 11) is -2.76. The van der Waals surface area contributed by atoms with Gasteiger partial charge in [-0.3, -0.25) is 0 Å². The smallest absolute Gasteiger partial charge is 0.340 e. The lowest BCUT2D eigenvalue weighted by molar-refractivity contribution is 1.35. The quantitative estimate of drug-likeness (QED) is 0.306. The largest absolute Gasteiger partial charge is 0.341 e. The minimum atomic E-state index is -2.76. The normalized spacial score (nSPS) is 14.2.